The molecule has 1 aromatic carbocycles. The fourth-order valence-electron chi connectivity index (χ4n) is 4.63. The zero-order chi connectivity index (χ0) is 20.7. The SMILES string of the molecule is O=C(c1ccc2nc(C(F)F)[nH]c2c1)N1CCCC(c2nnc3n2CCCCC3)C1. The molecular weight excluding hydrogens is 390 g/mol. The zero-order valence-corrected chi connectivity index (χ0v) is 16.7. The van der Waals surface area contributed by atoms with Crippen LogP contribution in [0.4, 0.5) is 8.78 Å². The monoisotopic (exact) mass is 414 g/mol. The average Bonchev–Trinajstić information content (AvgIpc) is 3.30. The quantitative estimate of drug-likeness (QED) is 0.706. The van der Waals surface area contributed by atoms with Gasteiger partial charge in [0.2, 0.25) is 0 Å². The van der Waals surface area contributed by atoms with E-state index in [1.807, 2.05) is 4.90 Å². The van der Waals surface area contributed by atoms with Crippen LogP contribution in [0.25, 0.3) is 11.0 Å². The van der Waals surface area contributed by atoms with E-state index in [-0.39, 0.29) is 17.6 Å². The molecule has 0 radical (unpaired) electrons. The minimum Gasteiger partial charge on any atom is -0.338 e. The van der Waals surface area contributed by atoms with Crippen LogP contribution in [0, 0.1) is 0 Å². The largest absolute Gasteiger partial charge is 0.338 e. The van der Waals surface area contributed by atoms with Crippen LogP contribution < -0.4 is 0 Å². The van der Waals surface area contributed by atoms with Crippen LogP contribution in [-0.4, -0.2) is 48.6 Å². The second-order valence-corrected chi connectivity index (χ2v) is 8.18. The second-order valence-electron chi connectivity index (χ2n) is 8.18. The van der Waals surface area contributed by atoms with Gasteiger partial charge in [-0.15, -0.1) is 10.2 Å². The molecule has 0 saturated carbocycles. The topological polar surface area (TPSA) is 79.7 Å². The molecule has 30 heavy (non-hydrogen) atoms. The highest BCUT2D eigenvalue weighted by molar-refractivity contribution is 5.97. The Balaban J connectivity index is 1.36. The number of fused-ring (bicyclic) bond motifs is 2. The fourth-order valence-corrected chi connectivity index (χ4v) is 4.63. The van der Waals surface area contributed by atoms with Crippen molar-refractivity contribution in [1.29, 1.82) is 0 Å². The van der Waals surface area contributed by atoms with Crippen molar-refractivity contribution in [2.75, 3.05) is 13.1 Å². The Morgan fingerprint density at radius 1 is 1.13 bits per heavy atom. The van der Waals surface area contributed by atoms with Crippen molar-refractivity contribution >= 4 is 16.9 Å². The van der Waals surface area contributed by atoms with E-state index in [4.69, 9.17) is 0 Å². The number of carbonyl (C=O) groups excluding carboxylic acids is 1. The van der Waals surface area contributed by atoms with Crippen molar-refractivity contribution in [2.45, 2.75) is 57.4 Å². The Bertz CT molecular complexity index is 1070. The number of H-pyrrole nitrogens is 1. The van der Waals surface area contributed by atoms with E-state index in [1.54, 1.807) is 18.2 Å². The number of likely N-dealkylation sites (tertiary alicyclic amines) is 1. The number of alkyl halides is 2. The molecule has 0 bridgehead atoms. The molecular formula is C21H24F2N6O. The molecule has 1 saturated heterocycles. The smallest absolute Gasteiger partial charge is 0.295 e. The van der Waals surface area contributed by atoms with E-state index >= 15 is 0 Å². The number of piperidine rings is 1. The van der Waals surface area contributed by atoms with E-state index in [9.17, 15) is 13.6 Å². The van der Waals surface area contributed by atoms with Crippen molar-refractivity contribution in [3.05, 3.63) is 41.2 Å². The molecule has 1 fully saturated rings. The first kappa shape index (κ1) is 19.1. The number of aryl methyl sites for hydroxylation is 1. The molecule has 1 atom stereocenters. The normalized spacial score (nSPS) is 19.8. The predicted molar refractivity (Wildman–Crippen MR) is 107 cm³/mol. The number of amides is 1. The number of rotatable bonds is 3. The number of hydrogen-bond acceptors (Lipinski definition) is 4. The van der Waals surface area contributed by atoms with Gasteiger partial charge in [-0.2, -0.15) is 0 Å². The van der Waals surface area contributed by atoms with E-state index in [0.29, 0.717) is 29.7 Å². The summed E-state index contributed by atoms with van der Waals surface area (Å²) in [6.45, 7) is 2.23. The molecule has 158 valence electrons. The lowest BCUT2D eigenvalue weighted by molar-refractivity contribution is 0.0703. The van der Waals surface area contributed by atoms with Gasteiger partial charge in [-0.3, -0.25) is 4.79 Å². The van der Waals surface area contributed by atoms with Crippen molar-refractivity contribution in [3.8, 4) is 0 Å². The molecule has 1 N–H and O–H groups in total. The first-order chi connectivity index (χ1) is 14.6. The van der Waals surface area contributed by atoms with Gasteiger partial charge in [0.15, 0.2) is 5.82 Å². The van der Waals surface area contributed by atoms with Crippen LogP contribution in [-0.2, 0) is 13.0 Å². The van der Waals surface area contributed by atoms with E-state index < -0.39 is 6.43 Å². The summed E-state index contributed by atoms with van der Waals surface area (Å²) in [6, 6.07) is 4.89. The highest BCUT2D eigenvalue weighted by Crippen LogP contribution is 2.29. The molecule has 3 aromatic rings. The highest BCUT2D eigenvalue weighted by Gasteiger charge is 2.30. The maximum atomic E-state index is 13.1. The lowest BCUT2D eigenvalue weighted by Crippen LogP contribution is -2.39. The Morgan fingerprint density at radius 3 is 2.90 bits per heavy atom. The number of hydrogen-bond donors (Lipinski definition) is 1. The highest BCUT2D eigenvalue weighted by atomic mass is 19.3. The van der Waals surface area contributed by atoms with E-state index in [2.05, 4.69) is 24.7 Å². The number of imidazole rings is 1. The van der Waals surface area contributed by atoms with E-state index in [0.717, 1.165) is 50.3 Å². The minimum atomic E-state index is -2.67. The number of nitrogens with zero attached hydrogens (tertiary/aromatic N) is 5. The summed E-state index contributed by atoms with van der Waals surface area (Å²) < 4.78 is 28.1. The number of aromatic amines is 1. The third kappa shape index (κ3) is 3.46. The summed E-state index contributed by atoms with van der Waals surface area (Å²) in [7, 11) is 0. The van der Waals surface area contributed by atoms with Crippen LogP contribution in [0.2, 0.25) is 0 Å². The number of nitrogens with one attached hydrogen (secondary N) is 1. The van der Waals surface area contributed by atoms with Gasteiger partial charge >= 0.3 is 0 Å². The summed E-state index contributed by atoms with van der Waals surface area (Å²) >= 11 is 0. The third-order valence-corrected chi connectivity index (χ3v) is 6.17. The molecule has 1 amide bonds. The van der Waals surface area contributed by atoms with Gasteiger partial charge in [-0.25, -0.2) is 13.8 Å². The lowest BCUT2D eigenvalue weighted by Gasteiger charge is -2.32. The Morgan fingerprint density at radius 2 is 2.03 bits per heavy atom. The molecule has 1 unspecified atom stereocenters. The standard InChI is InChI=1S/C21H24F2N6O/c22-18(23)19-24-15-8-7-13(11-16(15)25-19)21(30)28-9-4-5-14(12-28)20-27-26-17-6-2-1-3-10-29(17)20/h7-8,11,14,18H,1-6,9-10,12H2,(H,24,25). The first-order valence-electron chi connectivity index (χ1n) is 10.6. The summed E-state index contributed by atoms with van der Waals surface area (Å²) in [6.07, 6.45) is 3.68. The van der Waals surface area contributed by atoms with Crippen LogP contribution >= 0.6 is 0 Å². The third-order valence-electron chi connectivity index (χ3n) is 6.17. The molecule has 9 heteroatoms. The Labute approximate surface area is 172 Å². The van der Waals surface area contributed by atoms with Gasteiger partial charge in [0.05, 0.1) is 11.0 Å². The molecule has 2 aromatic heterocycles. The number of benzene rings is 1. The number of aromatic nitrogens is 5. The van der Waals surface area contributed by atoms with Crippen LogP contribution in [0.3, 0.4) is 0 Å². The van der Waals surface area contributed by atoms with Crippen LogP contribution in [0.15, 0.2) is 18.2 Å². The van der Waals surface area contributed by atoms with Gasteiger partial charge < -0.3 is 14.5 Å². The van der Waals surface area contributed by atoms with Gasteiger partial charge in [0.25, 0.3) is 12.3 Å². The Kier molecular flexibility index (Phi) is 4.96. The number of halogens is 2. The second kappa shape index (κ2) is 7.77. The summed E-state index contributed by atoms with van der Waals surface area (Å²) in [5, 5.41) is 8.89. The number of carbonyl (C=O) groups is 1. The maximum absolute atomic E-state index is 13.1. The maximum Gasteiger partial charge on any atom is 0.295 e. The fraction of sp³-hybridized carbons (Fsp3) is 0.524. The molecule has 0 spiro atoms. The lowest BCUT2D eigenvalue weighted by atomic mass is 9.96. The molecule has 7 nitrogen and oxygen atoms in total. The van der Waals surface area contributed by atoms with Crippen molar-refractivity contribution < 1.29 is 13.6 Å². The average molecular weight is 414 g/mol. The van der Waals surface area contributed by atoms with Crippen molar-refractivity contribution in [2.24, 2.45) is 0 Å². The summed E-state index contributed by atoms with van der Waals surface area (Å²) in [4.78, 5) is 21.5. The molecule has 0 aliphatic carbocycles. The Hall–Kier alpha value is -2.84. The first-order valence-corrected chi connectivity index (χ1v) is 10.6. The van der Waals surface area contributed by atoms with Gasteiger partial charge in [0.1, 0.15) is 11.6 Å². The van der Waals surface area contributed by atoms with Gasteiger partial charge in [-0.05, 0) is 43.9 Å². The van der Waals surface area contributed by atoms with Crippen LogP contribution in [0.5, 0.6) is 0 Å². The minimum absolute atomic E-state index is 0.0922. The molecule has 2 aliphatic heterocycles. The predicted octanol–water partition coefficient (Wildman–Crippen LogP) is 3.84. The van der Waals surface area contributed by atoms with Gasteiger partial charge in [-0.1, -0.05) is 6.42 Å². The molecule has 5 rings (SSSR count). The van der Waals surface area contributed by atoms with Crippen molar-refractivity contribution in [3.63, 3.8) is 0 Å². The van der Waals surface area contributed by atoms with Gasteiger partial charge in [0, 0.05) is 37.5 Å². The summed E-state index contributed by atoms with van der Waals surface area (Å²) in [5.41, 5.74) is 1.37. The zero-order valence-electron chi connectivity index (χ0n) is 16.7. The van der Waals surface area contributed by atoms with Crippen LogP contribution in [0.1, 0.15) is 72.3 Å². The summed E-state index contributed by atoms with van der Waals surface area (Å²) in [5.74, 6) is 1.76. The molecule has 2 aliphatic rings. The van der Waals surface area contributed by atoms with E-state index in [1.165, 1.54) is 6.42 Å². The molecule has 4 heterocycles. The van der Waals surface area contributed by atoms with Crippen molar-refractivity contribution in [1.82, 2.24) is 29.6 Å².